The monoisotopic (exact) mass is 112 g/mol. The lowest BCUT2D eigenvalue weighted by Crippen LogP contribution is -2.03. The van der Waals surface area contributed by atoms with Crippen LogP contribution in [0, 0.1) is 0 Å². The van der Waals surface area contributed by atoms with Crippen LogP contribution in [0.3, 0.4) is 0 Å². The van der Waals surface area contributed by atoms with E-state index in [2.05, 4.69) is 6.58 Å². The minimum atomic E-state index is -0.553. The number of carbonyl (C=O) groups excluding carboxylic acids is 1. The van der Waals surface area contributed by atoms with Crippen molar-refractivity contribution < 1.29 is 9.90 Å². The Kier molecular flexibility index (Phi) is 1.18. The van der Waals surface area contributed by atoms with Gasteiger partial charge in [-0.25, -0.2) is 0 Å². The summed E-state index contributed by atoms with van der Waals surface area (Å²) < 4.78 is 0. The van der Waals surface area contributed by atoms with Crippen molar-refractivity contribution in [2.75, 3.05) is 0 Å². The van der Waals surface area contributed by atoms with Gasteiger partial charge in [0, 0.05) is 12.0 Å². The van der Waals surface area contributed by atoms with Crippen molar-refractivity contribution in [1.82, 2.24) is 0 Å². The van der Waals surface area contributed by atoms with Crippen LogP contribution in [-0.2, 0) is 4.79 Å². The Morgan fingerprint density at radius 2 is 2.38 bits per heavy atom. The summed E-state index contributed by atoms with van der Waals surface area (Å²) in [7, 11) is 0. The Morgan fingerprint density at radius 3 is 2.50 bits per heavy atom. The standard InChI is InChI=1S/C6H8O2/c1-4-5(7)2-3-6(4)8/h5,7H,1-3H2. The van der Waals surface area contributed by atoms with E-state index >= 15 is 0 Å². The zero-order chi connectivity index (χ0) is 6.15. The summed E-state index contributed by atoms with van der Waals surface area (Å²) in [6.07, 6.45) is 0.486. The first-order valence-corrected chi connectivity index (χ1v) is 2.62. The average Bonchev–Trinajstić information content (AvgIpc) is 1.98. The quantitative estimate of drug-likeness (QED) is 0.456. The summed E-state index contributed by atoms with van der Waals surface area (Å²) in [5, 5.41) is 8.85. The van der Waals surface area contributed by atoms with Crippen molar-refractivity contribution in [1.29, 1.82) is 0 Å². The molecule has 0 heterocycles. The van der Waals surface area contributed by atoms with Crippen LogP contribution in [0.4, 0.5) is 0 Å². The molecule has 0 bridgehead atoms. The van der Waals surface area contributed by atoms with Gasteiger partial charge in [0.1, 0.15) is 0 Å². The number of aliphatic hydroxyl groups is 1. The van der Waals surface area contributed by atoms with E-state index in [0.29, 0.717) is 18.4 Å². The van der Waals surface area contributed by atoms with Crippen LogP contribution in [0.25, 0.3) is 0 Å². The van der Waals surface area contributed by atoms with Crippen LogP contribution >= 0.6 is 0 Å². The van der Waals surface area contributed by atoms with Crippen LogP contribution in [0.1, 0.15) is 12.8 Å². The highest BCUT2D eigenvalue weighted by Gasteiger charge is 2.23. The predicted octanol–water partition coefficient (Wildman–Crippen LogP) is 0.266. The number of hydrogen-bond acceptors (Lipinski definition) is 2. The number of Topliss-reactive ketones (excluding diaryl/α,β-unsaturated/α-hetero) is 1. The molecule has 1 fully saturated rings. The van der Waals surface area contributed by atoms with Gasteiger partial charge in [0.15, 0.2) is 5.78 Å². The van der Waals surface area contributed by atoms with E-state index in [0.717, 1.165) is 0 Å². The second-order valence-electron chi connectivity index (χ2n) is 2.00. The average molecular weight is 112 g/mol. The van der Waals surface area contributed by atoms with Crippen molar-refractivity contribution in [3.8, 4) is 0 Å². The van der Waals surface area contributed by atoms with Gasteiger partial charge in [0.2, 0.25) is 0 Å². The SMILES string of the molecule is C=C1C(=O)CCC1O. The third kappa shape index (κ3) is 0.670. The third-order valence-corrected chi connectivity index (χ3v) is 1.41. The molecule has 1 aliphatic rings. The fourth-order valence-electron chi connectivity index (χ4n) is 0.788. The largest absolute Gasteiger partial charge is 0.388 e. The number of carbonyl (C=O) groups is 1. The van der Waals surface area contributed by atoms with Gasteiger partial charge in [0.25, 0.3) is 0 Å². The molecule has 1 aliphatic carbocycles. The molecule has 0 aromatic heterocycles. The lowest BCUT2D eigenvalue weighted by Gasteiger charge is -1.95. The number of hydrogen-bond donors (Lipinski definition) is 1. The van der Waals surface area contributed by atoms with Crippen LogP contribution in [-0.4, -0.2) is 17.0 Å². The zero-order valence-corrected chi connectivity index (χ0v) is 4.55. The summed E-state index contributed by atoms with van der Waals surface area (Å²) in [4.78, 5) is 10.5. The molecule has 2 heteroatoms. The van der Waals surface area contributed by atoms with Gasteiger partial charge < -0.3 is 5.11 Å². The number of rotatable bonds is 0. The smallest absolute Gasteiger partial charge is 0.160 e. The van der Waals surface area contributed by atoms with E-state index in [-0.39, 0.29) is 5.78 Å². The van der Waals surface area contributed by atoms with E-state index in [4.69, 9.17) is 5.11 Å². The molecule has 1 rings (SSSR count). The summed E-state index contributed by atoms with van der Waals surface area (Å²) >= 11 is 0. The molecule has 0 aliphatic heterocycles. The van der Waals surface area contributed by atoms with Crippen molar-refractivity contribution in [3.63, 3.8) is 0 Å². The lowest BCUT2D eigenvalue weighted by molar-refractivity contribution is -0.114. The number of aliphatic hydroxyl groups excluding tert-OH is 1. The van der Waals surface area contributed by atoms with Gasteiger partial charge in [-0.15, -0.1) is 0 Å². The Morgan fingerprint density at radius 1 is 1.75 bits per heavy atom. The molecule has 0 amide bonds. The van der Waals surface area contributed by atoms with Gasteiger partial charge >= 0.3 is 0 Å². The highest BCUT2D eigenvalue weighted by molar-refractivity contribution is 5.97. The lowest BCUT2D eigenvalue weighted by atomic mass is 10.2. The van der Waals surface area contributed by atoms with Gasteiger partial charge in [-0.2, -0.15) is 0 Å². The van der Waals surface area contributed by atoms with Gasteiger partial charge in [-0.05, 0) is 6.42 Å². The van der Waals surface area contributed by atoms with E-state index in [1.165, 1.54) is 0 Å². The molecule has 1 atom stereocenters. The summed E-state index contributed by atoms with van der Waals surface area (Å²) in [6.45, 7) is 3.42. The normalized spacial score (nSPS) is 29.4. The first-order valence-electron chi connectivity index (χ1n) is 2.62. The summed E-state index contributed by atoms with van der Waals surface area (Å²) in [5.41, 5.74) is 0.380. The van der Waals surface area contributed by atoms with Gasteiger partial charge in [-0.3, -0.25) is 4.79 Å². The summed E-state index contributed by atoms with van der Waals surface area (Å²) in [5.74, 6) is 0.0116. The maximum absolute atomic E-state index is 10.5. The maximum atomic E-state index is 10.5. The molecular weight excluding hydrogens is 104 g/mol. The molecule has 1 saturated carbocycles. The van der Waals surface area contributed by atoms with Crippen molar-refractivity contribution in [3.05, 3.63) is 12.2 Å². The molecule has 8 heavy (non-hydrogen) atoms. The van der Waals surface area contributed by atoms with E-state index < -0.39 is 6.10 Å². The third-order valence-electron chi connectivity index (χ3n) is 1.41. The molecule has 0 saturated heterocycles. The molecule has 44 valence electrons. The first-order chi connectivity index (χ1) is 3.72. The van der Waals surface area contributed by atoms with Crippen LogP contribution in [0.5, 0.6) is 0 Å². The Balaban J connectivity index is 2.71. The molecule has 0 radical (unpaired) electrons. The van der Waals surface area contributed by atoms with Gasteiger partial charge in [-0.1, -0.05) is 6.58 Å². The minimum absolute atomic E-state index is 0.0116. The van der Waals surface area contributed by atoms with Crippen LogP contribution in [0.2, 0.25) is 0 Å². The molecule has 2 nitrogen and oxygen atoms in total. The maximum Gasteiger partial charge on any atom is 0.160 e. The Labute approximate surface area is 47.8 Å². The summed E-state index contributed by atoms with van der Waals surface area (Å²) in [6, 6.07) is 0. The minimum Gasteiger partial charge on any atom is -0.388 e. The van der Waals surface area contributed by atoms with Crippen molar-refractivity contribution in [2.45, 2.75) is 18.9 Å². The molecule has 1 N–H and O–H groups in total. The molecule has 0 aromatic rings. The first kappa shape index (κ1) is 5.51. The van der Waals surface area contributed by atoms with Crippen molar-refractivity contribution >= 4 is 5.78 Å². The number of ketones is 1. The Bertz CT molecular complexity index is 137. The second-order valence-corrected chi connectivity index (χ2v) is 2.00. The van der Waals surface area contributed by atoms with Crippen LogP contribution < -0.4 is 0 Å². The Hall–Kier alpha value is -0.630. The molecule has 0 aromatic carbocycles. The van der Waals surface area contributed by atoms with Crippen molar-refractivity contribution in [2.24, 2.45) is 0 Å². The highest BCUT2D eigenvalue weighted by Crippen LogP contribution is 2.18. The van der Waals surface area contributed by atoms with Gasteiger partial charge in [0.05, 0.1) is 6.10 Å². The van der Waals surface area contributed by atoms with E-state index in [9.17, 15) is 4.79 Å². The zero-order valence-electron chi connectivity index (χ0n) is 4.55. The molecule has 1 unspecified atom stereocenters. The van der Waals surface area contributed by atoms with Crippen LogP contribution in [0.15, 0.2) is 12.2 Å². The van der Waals surface area contributed by atoms with E-state index in [1.807, 2.05) is 0 Å². The molecule has 0 spiro atoms. The second kappa shape index (κ2) is 1.71. The fraction of sp³-hybridized carbons (Fsp3) is 0.500. The topological polar surface area (TPSA) is 37.3 Å². The van der Waals surface area contributed by atoms with E-state index in [1.54, 1.807) is 0 Å². The highest BCUT2D eigenvalue weighted by atomic mass is 16.3. The fourth-order valence-corrected chi connectivity index (χ4v) is 0.788. The predicted molar refractivity (Wildman–Crippen MR) is 29.4 cm³/mol. The molecular formula is C6H8O2.